The largest absolute Gasteiger partial charge is 0.474 e. The first-order valence-corrected chi connectivity index (χ1v) is 11.0. The van der Waals surface area contributed by atoms with Gasteiger partial charge in [0.05, 0.1) is 10.6 Å². The predicted molar refractivity (Wildman–Crippen MR) is 103 cm³/mol. The number of benzene rings is 1. The highest BCUT2D eigenvalue weighted by Gasteiger charge is 2.24. The molecule has 0 unspecified atom stereocenters. The molecule has 0 aliphatic carbocycles. The highest BCUT2D eigenvalue weighted by molar-refractivity contribution is 7.91. The zero-order valence-electron chi connectivity index (χ0n) is 15.4. The van der Waals surface area contributed by atoms with Gasteiger partial charge in [-0.05, 0) is 56.1 Å². The molecule has 0 spiro atoms. The Morgan fingerprint density at radius 2 is 2.04 bits per heavy atom. The molecular weight excluding hydrogens is 364 g/mol. The van der Waals surface area contributed by atoms with Crippen LogP contribution < -0.4 is 15.0 Å². The number of nitrogens with zero attached hydrogens (tertiary/aromatic N) is 3. The van der Waals surface area contributed by atoms with E-state index in [1.165, 1.54) is 6.33 Å². The van der Waals surface area contributed by atoms with E-state index in [2.05, 4.69) is 20.2 Å². The summed E-state index contributed by atoms with van der Waals surface area (Å²) in [5, 5.41) is 3.32. The van der Waals surface area contributed by atoms with Crippen molar-refractivity contribution < 1.29 is 13.2 Å². The molecule has 0 bridgehead atoms. The number of nitrogens with one attached hydrogen (secondary N) is 1. The van der Waals surface area contributed by atoms with Crippen LogP contribution in [0, 0.1) is 0 Å². The van der Waals surface area contributed by atoms with Crippen molar-refractivity contribution in [2.75, 3.05) is 30.3 Å². The SMILES string of the molecule is CCS(=O)(=O)c1ccc2c(c1)CCN2c1cc(OC2CCNCC2)ncn1. The van der Waals surface area contributed by atoms with E-state index in [1.807, 2.05) is 12.1 Å². The predicted octanol–water partition coefficient (Wildman–Crippen LogP) is 2.10. The molecule has 27 heavy (non-hydrogen) atoms. The number of hydrogen-bond acceptors (Lipinski definition) is 7. The molecule has 1 aromatic carbocycles. The van der Waals surface area contributed by atoms with E-state index in [-0.39, 0.29) is 11.9 Å². The summed E-state index contributed by atoms with van der Waals surface area (Å²) in [6.07, 6.45) is 4.44. The van der Waals surface area contributed by atoms with Crippen molar-refractivity contribution in [3.8, 4) is 5.88 Å². The molecule has 0 saturated carbocycles. The summed E-state index contributed by atoms with van der Waals surface area (Å²) in [4.78, 5) is 11.1. The number of piperidine rings is 1. The molecule has 7 nitrogen and oxygen atoms in total. The second-order valence-corrected chi connectivity index (χ2v) is 9.16. The van der Waals surface area contributed by atoms with Gasteiger partial charge in [-0.25, -0.2) is 18.4 Å². The fourth-order valence-corrected chi connectivity index (χ4v) is 4.53. The van der Waals surface area contributed by atoms with Crippen molar-refractivity contribution in [3.63, 3.8) is 0 Å². The zero-order valence-corrected chi connectivity index (χ0v) is 16.2. The smallest absolute Gasteiger partial charge is 0.218 e. The molecule has 1 fully saturated rings. The number of hydrogen-bond donors (Lipinski definition) is 1. The lowest BCUT2D eigenvalue weighted by Gasteiger charge is -2.24. The van der Waals surface area contributed by atoms with Crippen LogP contribution >= 0.6 is 0 Å². The number of aromatic nitrogens is 2. The maximum Gasteiger partial charge on any atom is 0.218 e. The molecule has 0 radical (unpaired) electrons. The summed E-state index contributed by atoms with van der Waals surface area (Å²) in [5.41, 5.74) is 2.03. The maximum absolute atomic E-state index is 12.1. The van der Waals surface area contributed by atoms with Crippen LogP contribution in [-0.4, -0.2) is 49.9 Å². The third kappa shape index (κ3) is 3.77. The molecule has 1 aromatic heterocycles. The number of ether oxygens (including phenoxy) is 1. The Balaban J connectivity index is 1.56. The Labute approximate surface area is 159 Å². The summed E-state index contributed by atoms with van der Waals surface area (Å²) < 4.78 is 30.3. The van der Waals surface area contributed by atoms with Crippen LogP contribution in [0.5, 0.6) is 5.88 Å². The summed E-state index contributed by atoms with van der Waals surface area (Å²) in [5.74, 6) is 1.48. The Hall–Kier alpha value is -2.19. The fourth-order valence-electron chi connectivity index (χ4n) is 3.60. The Kier molecular flexibility index (Phi) is 5.01. The summed E-state index contributed by atoms with van der Waals surface area (Å²) >= 11 is 0. The minimum atomic E-state index is -3.19. The first-order valence-electron chi connectivity index (χ1n) is 9.39. The lowest BCUT2D eigenvalue weighted by atomic mass is 10.1. The van der Waals surface area contributed by atoms with Crippen LogP contribution in [0.1, 0.15) is 25.3 Å². The Bertz CT molecular complexity index is 926. The van der Waals surface area contributed by atoms with E-state index >= 15 is 0 Å². The second kappa shape index (κ2) is 7.44. The first-order chi connectivity index (χ1) is 13.1. The third-order valence-electron chi connectivity index (χ3n) is 5.16. The number of rotatable bonds is 5. The third-order valence-corrected chi connectivity index (χ3v) is 6.90. The van der Waals surface area contributed by atoms with E-state index in [1.54, 1.807) is 19.1 Å². The molecule has 1 saturated heterocycles. The van der Waals surface area contributed by atoms with Crippen LogP contribution in [0.3, 0.4) is 0 Å². The van der Waals surface area contributed by atoms with E-state index < -0.39 is 9.84 Å². The highest BCUT2D eigenvalue weighted by Crippen LogP contribution is 2.35. The minimum Gasteiger partial charge on any atom is -0.474 e. The van der Waals surface area contributed by atoms with E-state index in [0.717, 1.165) is 56.0 Å². The van der Waals surface area contributed by atoms with E-state index in [4.69, 9.17) is 4.74 Å². The molecular formula is C19H24N4O3S. The van der Waals surface area contributed by atoms with Gasteiger partial charge in [0, 0.05) is 18.3 Å². The van der Waals surface area contributed by atoms with E-state index in [0.29, 0.717) is 10.8 Å². The summed E-state index contributed by atoms with van der Waals surface area (Å²) in [6, 6.07) is 7.22. The first kappa shape index (κ1) is 18.2. The molecule has 3 heterocycles. The van der Waals surface area contributed by atoms with Crippen LogP contribution in [0.2, 0.25) is 0 Å². The quantitative estimate of drug-likeness (QED) is 0.839. The zero-order chi connectivity index (χ0) is 18.9. The number of anilines is 2. The molecule has 2 aliphatic rings. The second-order valence-electron chi connectivity index (χ2n) is 6.88. The van der Waals surface area contributed by atoms with Crippen molar-refractivity contribution in [1.29, 1.82) is 0 Å². The van der Waals surface area contributed by atoms with Gasteiger partial charge in [-0.15, -0.1) is 0 Å². The van der Waals surface area contributed by atoms with Crippen molar-refractivity contribution in [1.82, 2.24) is 15.3 Å². The van der Waals surface area contributed by atoms with Gasteiger partial charge < -0.3 is 15.0 Å². The fraction of sp³-hybridized carbons (Fsp3) is 0.474. The molecule has 1 N–H and O–H groups in total. The van der Waals surface area contributed by atoms with Crippen LogP contribution in [0.15, 0.2) is 35.5 Å². The van der Waals surface area contributed by atoms with Crippen molar-refractivity contribution in [2.45, 2.75) is 37.2 Å². The van der Waals surface area contributed by atoms with Crippen LogP contribution in [0.25, 0.3) is 0 Å². The van der Waals surface area contributed by atoms with Gasteiger partial charge in [0.2, 0.25) is 5.88 Å². The number of fused-ring (bicyclic) bond motifs is 1. The summed E-state index contributed by atoms with van der Waals surface area (Å²) in [6.45, 7) is 4.35. The van der Waals surface area contributed by atoms with Crippen molar-refractivity contribution in [3.05, 3.63) is 36.2 Å². The van der Waals surface area contributed by atoms with Crippen LogP contribution in [-0.2, 0) is 16.3 Å². The monoisotopic (exact) mass is 388 g/mol. The summed E-state index contributed by atoms with van der Waals surface area (Å²) in [7, 11) is -3.19. The maximum atomic E-state index is 12.1. The minimum absolute atomic E-state index is 0.110. The van der Waals surface area contributed by atoms with Gasteiger partial charge in [0.1, 0.15) is 18.2 Å². The van der Waals surface area contributed by atoms with Gasteiger partial charge in [-0.3, -0.25) is 0 Å². The van der Waals surface area contributed by atoms with Crippen molar-refractivity contribution >= 4 is 21.3 Å². The molecule has 2 aliphatic heterocycles. The molecule has 144 valence electrons. The van der Waals surface area contributed by atoms with Gasteiger partial charge in [-0.2, -0.15) is 0 Å². The lowest BCUT2D eigenvalue weighted by Crippen LogP contribution is -2.34. The van der Waals surface area contributed by atoms with Crippen molar-refractivity contribution in [2.24, 2.45) is 0 Å². The normalized spacial score (nSPS) is 17.7. The Morgan fingerprint density at radius 1 is 1.22 bits per heavy atom. The van der Waals surface area contributed by atoms with Gasteiger partial charge in [-0.1, -0.05) is 6.92 Å². The average molecular weight is 388 g/mol. The highest BCUT2D eigenvalue weighted by atomic mass is 32.2. The number of sulfone groups is 1. The Morgan fingerprint density at radius 3 is 2.81 bits per heavy atom. The lowest BCUT2D eigenvalue weighted by molar-refractivity contribution is 0.156. The van der Waals surface area contributed by atoms with Gasteiger partial charge in [0.25, 0.3) is 0 Å². The van der Waals surface area contributed by atoms with Gasteiger partial charge in [0.15, 0.2) is 9.84 Å². The average Bonchev–Trinajstić information content (AvgIpc) is 3.12. The topological polar surface area (TPSA) is 84.4 Å². The van der Waals surface area contributed by atoms with Gasteiger partial charge >= 0.3 is 0 Å². The molecule has 8 heteroatoms. The standard InChI is InChI=1S/C19H24N4O3S/c1-2-27(24,25)16-3-4-17-14(11-16)7-10-23(17)18-12-19(22-13-21-18)26-15-5-8-20-9-6-15/h3-4,11-13,15,20H,2,5-10H2,1H3. The molecule has 0 atom stereocenters. The van der Waals surface area contributed by atoms with E-state index in [9.17, 15) is 8.42 Å². The van der Waals surface area contributed by atoms with Crippen LogP contribution in [0.4, 0.5) is 11.5 Å². The molecule has 2 aromatic rings. The molecule has 4 rings (SSSR count). The molecule has 0 amide bonds.